The predicted molar refractivity (Wildman–Crippen MR) is 81.2 cm³/mol. The third-order valence-corrected chi connectivity index (χ3v) is 4.33. The molecule has 0 aromatic carbocycles. The van der Waals surface area contributed by atoms with Gasteiger partial charge in [0, 0.05) is 26.2 Å². The molecule has 5 heteroatoms. The van der Waals surface area contributed by atoms with E-state index in [0.29, 0.717) is 11.8 Å². The number of hydrogen-bond acceptors (Lipinski definition) is 4. The second-order valence-corrected chi connectivity index (χ2v) is 6.00. The Balaban J connectivity index is 2.37. The summed E-state index contributed by atoms with van der Waals surface area (Å²) < 4.78 is 6.55. The molecule has 4 nitrogen and oxygen atoms in total. The number of halogens is 1. The first-order valence-corrected chi connectivity index (χ1v) is 7.54. The molecule has 1 fully saturated rings. The maximum Gasteiger partial charge on any atom is 0.143 e. The van der Waals surface area contributed by atoms with Gasteiger partial charge in [0.15, 0.2) is 0 Å². The smallest absolute Gasteiger partial charge is 0.143 e. The molecule has 0 spiro atoms. The minimum Gasteiger partial charge on any atom is -0.381 e. The van der Waals surface area contributed by atoms with Crippen LogP contribution >= 0.6 is 22.6 Å². The second-order valence-electron chi connectivity index (χ2n) is 4.92. The van der Waals surface area contributed by atoms with Crippen LogP contribution in [0.4, 0.5) is 5.82 Å². The van der Waals surface area contributed by atoms with Crippen LogP contribution in [-0.2, 0) is 4.74 Å². The molecule has 1 saturated heterocycles. The van der Waals surface area contributed by atoms with Crippen molar-refractivity contribution in [2.75, 3.05) is 25.6 Å². The summed E-state index contributed by atoms with van der Waals surface area (Å²) in [6, 6.07) is 0. The molecule has 1 N–H and O–H groups in total. The van der Waals surface area contributed by atoms with E-state index in [0.717, 1.165) is 47.0 Å². The topological polar surface area (TPSA) is 47.0 Å². The maximum atomic E-state index is 5.41. The normalized spacial score (nSPS) is 17.2. The molecule has 0 atom stereocenters. The van der Waals surface area contributed by atoms with Crippen molar-refractivity contribution in [2.45, 2.75) is 38.5 Å². The predicted octanol–water partition coefficient (Wildman–Crippen LogP) is 3.14. The molecule has 1 aromatic heterocycles. The van der Waals surface area contributed by atoms with E-state index in [1.807, 2.05) is 7.05 Å². The number of nitrogens with zero attached hydrogens (tertiary/aromatic N) is 2. The van der Waals surface area contributed by atoms with E-state index in [9.17, 15) is 0 Å². The first kappa shape index (κ1) is 14.0. The summed E-state index contributed by atoms with van der Waals surface area (Å²) in [6.07, 6.45) is 2.06. The molecular formula is C13H20IN3O. The van der Waals surface area contributed by atoms with Gasteiger partial charge in [-0.3, -0.25) is 0 Å². The van der Waals surface area contributed by atoms with Crippen LogP contribution in [0, 0.1) is 3.57 Å². The van der Waals surface area contributed by atoms with Gasteiger partial charge in [-0.2, -0.15) is 0 Å². The lowest BCUT2D eigenvalue weighted by Gasteiger charge is -2.22. The summed E-state index contributed by atoms with van der Waals surface area (Å²) in [5.41, 5.74) is 1.15. The molecule has 0 aliphatic carbocycles. The summed E-state index contributed by atoms with van der Waals surface area (Å²) in [5, 5.41) is 3.18. The molecule has 18 heavy (non-hydrogen) atoms. The molecule has 1 aromatic rings. The molecule has 0 bridgehead atoms. The zero-order valence-corrected chi connectivity index (χ0v) is 13.3. The van der Waals surface area contributed by atoms with Gasteiger partial charge in [0.1, 0.15) is 11.6 Å². The minimum absolute atomic E-state index is 0.422. The van der Waals surface area contributed by atoms with Crippen molar-refractivity contribution in [3.05, 3.63) is 15.1 Å². The molecule has 0 saturated carbocycles. The molecule has 0 amide bonds. The number of aromatic nitrogens is 2. The lowest BCUT2D eigenvalue weighted by molar-refractivity contribution is 0.0835. The third kappa shape index (κ3) is 2.93. The van der Waals surface area contributed by atoms with Crippen LogP contribution in [0.3, 0.4) is 0 Å². The maximum absolute atomic E-state index is 5.41. The van der Waals surface area contributed by atoms with Crippen LogP contribution < -0.4 is 5.32 Å². The van der Waals surface area contributed by atoms with Crippen LogP contribution in [0.1, 0.15) is 50.0 Å². The Labute approximate surface area is 122 Å². The molecule has 1 aliphatic heterocycles. The van der Waals surface area contributed by atoms with E-state index in [2.05, 4.69) is 46.7 Å². The van der Waals surface area contributed by atoms with Crippen molar-refractivity contribution in [1.82, 2.24) is 9.97 Å². The quantitative estimate of drug-likeness (QED) is 0.841. The Morgan fingerprint density at radius 1 is 1.28 bits per heavy atom. The van der Waals surface area contributed by atoms with E-state index in [1.165, 1.54) is 0 Å². The van der Waals surface area contributed by atoms with Crippen LogP contribution in [0.5, 0.6) is 0 Å². The van der Waals surface area contributed by atoms with E-state index in [-0.39, 0.29) is 0 Å². The highest BCUT2D eigenvalue weighted by molar-refractivity contribution is 14.1. The van der Waals surface area contributed by atoms with Crippen molar-refractivity contribution in [2.24, 2.45) is 0 Å². The Morgan fingerprint density at radius 3 is 2.50 bits per heavy atom. The SMILES string of the molecule is CNc1nc(C2CCOCC2)nc(C(C)C)c1I. The van der Waals surface area contributed by atoms with Gasteiger partial charge in [-0.15, -0.1) is 0 Å². The highest BCUT2D eigenvalue weighted by atomic mass is 127. The lowest BCUT2D eigenvalue weighted by atomic mass is 9.99. The largest absolute Gasteiger partial charge is 0.381 e. The van der Waals surface area contributed by atoms with Crippen molar-refractivity contribution in [3.8, 4) is 0 Å². The molecule has 0 radical (unpaired) electrons. The van der Waals surface area contributed by atoms with Gasteiger partial charge in [-0.25, -0.2) is 9.97 Å². The van der Waals surface area contributed by atoms with Crippen molar-refractivity contribution in [3.63, 3.8) is 0 Å². The number of nitrogens with one attached hydrogen (secondary N) is 1. The van der Waals surface area contributed by atoms with Gasteiger partial charge < -0.3 is 10.1 Å². The number of anilines is 1. The Morgan fingerprint density at radius 2 is 1.94 bits per heavy atom. The summed E-state index contributed by atoms with van der Waals surface area (Å²) in [7, 11) is 1.92. The summed E-state index contributed by atoms with van der Waals surface area (Å²) >= 11 is 2.33. The average Bonchev–Trinajstić information content (AvgIpc) is 2.39. The highest BCUT2D eigenvalue weighted by Gasteiger charge is 2.22. The van der Waals surface area contributed by atoms with Gasteiger partial charge in [-0.1, -0.05) is 13.8 Å². The van der Waals surface area contributed by atoms with E-state index in [4.69, 9.17) is 9.72 Å². The standard InChI is InChI=1S/C13H20IN3O/c1-8(2)11-10(14)13(15-3)17-12(16-11)9-4-6-18-7-5-9/h8-9H,4-7H2,1-3H3,(H,15,16,17). The number of ether oxygens (including phenoxy) is 1. The van der Waals surface area contributed by atoms with Gasteiger partial charge in [0.05, 0.1) is 9.26 Å². The summed E-state index contributed by atoms with van der Waals surface area (Å²) in [4.78, 5) is 9.46. The van der Waals surface area contributed by atoms with Crippen LogP contribution in [-0.4, -0.2) is 30.2 Å². The monoisotopic (exact) mass is 361 g/mol. The van der Waals surface area contributed by atoms with Gasteiger partial charge in [-0.05, 0) is 41.4 Å². The molecule has 0 unspecified atom stereocenters. The fraction of sp³-hybridized carbons (Fsp3) is 0.692. The van der Waals surface area contributed by atoms with Crippen molar-refractivity contribution in [1.29, 1.82) is 0 Å². The Bertz CT molecular complexity index is 417. The summed E-state index contributed by atoms with van der Waals surface area (Å²) in [5.74, 6) is 2.80. The van der Waals surface area contributed by atoms with Gasteiger partial charge >= 0.3 is 0 Å². The molecule has 100 valence electrons. The van der Waals surface area contributed by atoms with Crippen LogP contribution in [0.2, 0.25) is 0 Å². The first-order chi connectivity index (χ1) is 8.63. The zero-order chi connectivity index (χ0) is 13.1. The van der Waals surface area contributed by atoms with E-state index in [1.54, 1.807) is 0 Å². The highest BCUT2D eigenvalue weighted by Crippen LogP contribution is 2.30. The second kappa shape index (κ2) is 6.14. The Kier molecular flexibility index (Phi) is 4.77. The minimum atomic E-state index is 0.422. The molecule has 2 heterocycles. The number of hydrogen-bond donors (Lipinski definition) is 1. The van der Waals surface area contributed by atoms with Crippen LogP contribution in [0.15, 0.2) is 0 Å². The van der Waals surface area contributed by atoms with Crippen molar-refractivity contribution >= 4 is 28.4 Å². The van der Waals surface area contributed by atoms with Crippen molar-refractivity contribution < 1.29 is 4.74 Å². The lowest BCUT2D eigenvalue weighted by Crippen LogP contribution is -2.18. The van der Waals surface area contributed by atoms with Crippen LogP contribution in [0.25, 0.3) is 0 Å². The van der Waals surface area contributed by atoms with Gasteiger partial charge in [0.2, 0.25) is 0 Å². The molecule has 1 aliphatic rings. The average molecular weight is 361 g/mol. The molecular weight excluding hydrogens is 341 g/mol. The fourth-order valence-corrected chi connectivity index (χ4v) is 3.30. The first-order valence-electron chi connectivity index (χ1n) is 6.46. The van der Waals surface area contributed by atoms with E-state index < -0.39 is 0 Å². The fourth-order valence-electron chi connectivity index (χ4n) is 2.17. The third-order valence-electron chi connectivity index (χ3n) is 3.26. The summed E-state index contributed by atoms with van der Waals surface area (Å²) in [6.45, 7) is 6.01. The van der Waals surface area contributed by atoms with E-state index >= 15 is 0 Å². The Hall–Kier alpha value is -0.430. The number of rotatable bonds is 3. The molecule has 2 rings (SSSR count). The van der Waals surface area contributed by atoms with Gasteiger partial charge in [0.25, 0.3) is 0 Å². The zero-order valence-electron chi connectivity index (χ0n) is 11.2.